The van der Waals surface area contributed by atoms with Gasteiger partial charge in [0.25, 0.3) is 0 Å². The first-order chi connectivity index (χ1) is 11.1. The van der Waals surface area contributed by atoms with Gasteiger partial charge in [-0.2, -0.15) is 0 Å². The van der Waals surface area contributed by atoms with Crippen LogP contribution >= 0.6 is 0 Å². The number of ether oxygens (including phenoxy) is 1. The zero-order chi connectivity index (χ0) is 16.7. The second kappa shape index (κ2) is 8.50. The first kappa shape index (κ1) is 17.2. The highest BCUT2D eigenvalue weighted by Crippen LogP contribution is 2.27. The maximum absolute atomic E-state index is 11.9. The average Bonchev–Trinajstić information content (AvgIpc) is 2.87. The van der Waals surface area contributed by atoms with Gasteiger partial charge in [0.2, 0.25) is 5.91 Å². The number of benzene rings is 1. The zero-order valence-corrected chi connectivity index (χ0v) is 13.2. The summed E-state index contributed by atoms with van der Waals surface area (Å²) in [5.41, 5.74) is 1.50. The van der Waals surface area contributed by atoms with E-state index in [-0.39, 0.29) is 31.2 Å². The molecule has 1 atom stereocenters. The van der Waals surface area contributed by atoms with Gasteiger partial charge in [-0.05, 0) is 37.6 Å². The summed E-state index contributed by atoms with van der Waals surface area (Å²) >= 11 is 0. The third kappa shape index (κ3) is 4.94. The number of hydrogen-bond acceptors (Lipinski definition) is 4. The van der Waals surface area contributed by atoms with Crippen molar-refractivity contribution in [3.8, 4) is 0 Å². The van der Waals surface area contributed by atoms with E-state index in [1.54, 1.807) is 17.0 Å². The number of aliphatic hydroxyl groups excluding tert-OH is 1. The summed E-state index contributed by atoms with van der Waals surface area (Å²) in [5.74, 6) is 0.138. The number of aliphatic hydroxyl groups is 1. The maximum atomic E-state index is 11.9. The van der Waals surface area contributed by atoms with Crippen molar-refractivity contribution < 1.29 is 19.4 Å². The smallest absolute Gasteiger partial charge is 0.319 e. The van der Waals surface area contributed by atoms with Crippen LogP contribution in [0.1, 0.15) is 19.8 Å². The average molecular weight is 321 g/mol. The van der Waals surface area contributed by atoms with E-state index in [9.17, 15) is 9.59 Å². The van der Waals surface area contributed by atoms with Gasteiger partial charge in [-0.3, -0.25) is 4.79 Å². The highest BCUT2D eigenvalue weighted by atomic mass is 16.5. The van der Waals surface area contributed by atoms with Crippen LogP contribution in [-0.4, -0.2) is 49.5 Å². The third-order valence-electron chi connectivity index (χ3n) is 3.66. The van der Waals surface area contributed by atoms with E-state index in [4.69, 9.17) is 9.84 Å². The molecule has 23 heavy (non-hydrogen) atoms. The Morgan fingerprint density at radius 2 is 2.09 bits per heavy atom. The highest BCUT2D eigenvalue weighted by Gasteiger charge is 2.28. The molecule has 1 aromatic rings. The van der Waals surface area contributed by atoms with Crippen LogP contribution in [-0.2, 0) is 9.53 Å². The molecule has 7 nitrogen and oxygen atoms in total. The molecule has 1 aromatic carbocycles. The lowest BCUT2D eigenvalue weighted by Crippen LogP contribution is -2.32. The standard InChI is InChI=1S/C16H23N3O4/c1-12-2-7-15(21)19(12)14-5-3-13(4-6-14)18-16(22)17-8-10-23-11-9-20/h3-6,12,20H,2,7-11H2,1H3,(H2,17,18,22)/t12-/m1/s1. The molecular formula is C16H23N3O4. The first-order valence-corrected chi connectivity index (χ1v) is 7.77. The minimum atomic E-state index is -0.323. The van der Waals surface area contributed by atoms with Gasteiger partial charge in [-0.15, -0.1) is 0 Å². The number of rotatable bonds is 7. The van der Waals surface area contributed by atoms with Crippen LogP contribution in [0.2, 0.25) is 0 Å². The largest absolute Gasteiger partial charge is 0.394 e. The molecule has 1 aliphatic rings. The van der Waals surface area contributed by atoms with Crippen LogP contribution in [0, 0.1) is 0 Å². The van der Waals surface area contributed by atoms with E-state index in [1.807, 2.05) is 19.1 Å². The van der Waals surface area contributed by atoms with Crippen molar-refractivity contribution in [2.24, 2.45) is 0 Å². The Morgan fingerprint density at radius 3 is 2.70 bits per heavy atom. The molecule has 3 amide bonds. The summed E-state index contributed by atoms with van der Waals surface area (Å²) in [6.45, 7) is 2.98. The minimum absolute atomic E-state index is 0.0311. The topological polar surface area (TPSA) is 90.9 Å². The molecular weight excluding hydrogens is 298 g/mol. The lowest BCUT2D eigenvalue weighted by Gasteiger charge is -2.22. The Morgan fingerprint density at radius 1 is 1.35 bits per heavy atom. The molecule has 0 radical (unpaired) electrons. The van der Waals surface area contributed by atoms with Crippen LogP contribution in [0.5, 0.6) is 0 Å². The second-order valence-corrected chi connectivity index (χ2v) is 5.42. The number of hydrogen-bond donors (Lipinski definition) is 3. The number of amides is 3. The van der Waals surface area contributed by atoms with Crippen molar-refractivity contribution >= 4 is 23.3 Å². The number of carbonyl (C=O) groups is 2. The van der Waals surface area contributed by atoms with Gasteiger partial charge in [0.15, 0.2) is 0 Å². The van der Waals surface area contributed by atoms with Crippen molar-refractivity contribution in [1.82, 2.24) is 5.32 Å². The second-order valence-electron chi connectivity index (χ2n) is 5.42. The fourth-order valence-electron chi connectivity index (χ4n) is 2.51. The fraction of sp³-hybridized carbons (Fsp3) is 0.500. The van der Waals surface area contributed by atoms with Crippen LogP contribution < -0.4 is 15.5 Å². The van der Waals surface area contributed by atoms with E-state index in [2.05, 4.69) is 10.6 Å². The Labute approximate surface area is 135 Å². The van der Waals surface area contributed by atoms with Crippen LogP contribution in [0.3, 0.4) is 0 Å². The van der Waals surface area contributed by atoms with E-state index < -0.39 is 0 Å². The van der Waals surface area contributed by atoms with Gasteiger partial charge in [0.1, 0.15) is 0 Å². The predicted molar refractivity (Wildman–Crippen MR) is 87.6 cm³/mol. The molecule has 1 saturated heterocycles. The van der Waals surface area contributed by atoms with Crippen LogP contribution in [0.4, 0.5) is 16.2 Å². The number of nitrogens with one attached hydrogen (secondary N) is 2. The molecule has 0 spiro atoms. The molecule has 1 aliphatic heterocycles. The maximum Gasteiger partial charge on any atom is 0.319 e. The lowest BCUT2D eigenvalue weighted by atomic mass is 10.2. The summed E-state index contributed by atoms with van der Waals surface area (Å²) in [4.78, 5) is 25.4. The summed E-state index contributed by atoms with van der Waals surface area (Å²) in [6.07, 6.45) is 1.46. The number of anilines is 2. The Balaban J connectivity index is 1.80. The molecule has 0 aliphatic carbocycles. The monoisotopic (exact) mass is 321 g/mol. The molecule has 0 unspecified atom stereocenters. The Bertz CT molecular complexity index is 533. The molecule has 7 heteroatoms. The Hall–Kier alpha value is -2.12. The van der Waals surface area contributed by atoms with E-state index in [0.29, 0.717) is 25.3 Å². The van der Waals surface area contributed by atoms with Gasteiger partial charge in [0.05, 0.1) is 19.8 Å². The van der Waals surface area contributed by atoms with Gasteiger partial charge in [-0.25, -0.2) is 4.79 Å². The van der Waals surface area contributed by atoms with E-state index in [0.717, 1.165) is 12.1 Å². The molecule has 126 valence electrons. The van der Waals surface area contributed by atoms with Crippen LogP contribution in [0.15, 0.2) is 24.3 Å². The molecule has 2 rings (SSSR count). The number of nitrogens with zero attached hydrogens (tertiary/aromatic N) is 1. The van der Waals surface area contributed by atoms with Crippen molar-refractivity contribution in [2.75, 3.05) is 36.6 Å². The fourth-order valence-corrected chi connectivity index (χ4v) is 2.51. The van der Waals surface area contributed by atoms with Gasteiger partial charge >= 0.3 is 6.03 Å². The van der Waals surface area contributed by atoms with Gasteiger partial charge in [0, 0.05) is 30.4 Å². The third-order valence-corrected chi connectivity index (χ3v) is 3.66. The molecule has 1 heterocycles. The quantitative estimate of drug-likeness (QED) is 0.661. The highest BCUT2D eigenvalue weighted by molar-refractivity contribution is 5.96. The van der Waals surface area contributed by atoms with E-state index >= 15 is 0 Å². The predicted octanol–water partition coefficient (Wildman–Crippen LogP) is 1.33. The van der Waals surface area contributed by atoms with Crippen molar-refractivity contribution in [3.63, 3.8) is 0 Å². The summed E-state index contributed by atoms with van der Waals surface area (Å²) in [5, 5.41) is 13.9. The van der Waals surface area contributed by atoms with Gasteiger partial charge < -0.3 is 25.4 Å². The van der Waals surface area contributed by atoms with Gasteiger partial charge in [-0.1, -0.05) is 0 Å². The van der Waals surface area contributed by atoms with Crippen molar-refractivity contribution in [2.45, 2.75) is 25.8 Å². The first-order valence-electron chi connectivity index (χ1n) is 7.77. The summed E-state index contributed by atoms with van der Waals surface area (Å²) in [6, 6.07) is 7.10. The lowest BCUT2D eigenvalue weighted by molar-refractivity contribution is -0.117. The van der Waals surface area contributed by atoms with Crippen LogP contribution in [0.25, 0.3) is 0 Å². The summed E-state index contributed by atoms with van der Waals surface area (Å²) in [7, 11) is 0. The van der Waals surface area contributed by atoms with E-state index in [1.165, 1.54) is 0 Å². The zero-order valence-electron chi connectivity index (χ0n) is 13.2. The van der Waals surface area contributed by atoms with Crippen molar-refractivity contribution in [1.29, 1.82) is 0 Å². The SMILES string of the molecule is C[C@@H]1CCC(=O)N1c1ccc(NC(=O)NCCOCCO)cc1. The van der Waals surface area contributed by atoms with Crippen molar-refractivity contribution in [3.05, 3.63) is 24.3 Å². The summed E-state index contributed by atoms with van der Waals surface area (Å²) < 4.78 is 5.05. The molecule has 0 bridgehead atoms. The molecule has 3 N–H and O–H groups in total. The molecule has 1 fully saturated rings. The normalized spacial score (nSPS) is 17.4. The minimum Gasteiger partial charge on any atom is -0.394 e. The Kier molecular flexibility index (Phi) is 6.37. The number of urea groups is 1. The number of carbonyl (C=O) groups excluding carboxylic acids is 2. The molecule has 0 saturated carbocycles. The molecule has 0 aromatic heterocycles.